The van der Waals surface area contributed by atoms with E-state index in [-0.39, 0.29) is 0 Å². The van der Waals surface area contributed by atoms with Gasteiger partial charge in [-0.1, -0.05) is 0 Å². The Bertz CT molecular complexity index is 399. The molecule has 1 aliphatic carbocycles. The summed E-state index contributed by atoms with van der Waals surface area (Å²) < 4.78 is 2.09. The molecule has 4 heteroatoms. The summed E-state index contributed by atoms with van der Waals surface area (Å²) in [5.41, 5.74) is -0.405. The molecule has 1 N–H and O–H groups in total. The Morgan fingerprint density at radius 3 is 2.94 bits per heavy atom. The molecule has 4 nitrogen and oxygen atoms in total. The highest BCUT2D eigenvalue weighted by Crippen LogP contribution is 2.24. The lowest BCUT2D eigenvalue weighted by Crippen LogP contribution is -2.43. The lowest BCUT2D eigenvalue weighted by atomic mass is 9.99. The van der Waals surface area contributed by atoms with E-state index in [1.54, 1.807) is 6.20 Å². The lowest BCUT2D eigenvalue weighted by Gasteiger charge is -2.23. The third-order valence-corrected chi connectivity index (χ3v) is 3.12. The number of nitrogens with zero attached hydrogens (tertiary/aromatic N) is 3. The first-order valence-corrected chi connectivity index (χ1v) is 5.80. The number of hydrogen-bond acceptors (Lipinski definition) is 3. The van der Waals surface area contributed by atoms with Crippen LogP contribution in [-0.4, -0.2) is 21.1 Å². The van der Waals surface area contributed by atoms with Gasteiger partial charge in [0.1, 0.15) is 11.4 Å². The third-order valence-electron chi connectivity index (χ3n) is 3.12. The molecule has 1 saturated carbocycles. The van der Waals surface area contributed by atoms with Crippen LogP contribution in [0.3, 0.4) is 0 Å². The third kappa shape index (κ3) is 2.61. The van der Waals surface area contributed by atoms with E-state index in [0.29, 0.717) is 6.04 Å². The molecule has 0 bridgehead atoms. The molecule has 1 aromatic rings. The first-order valence-electron chi connectivity index (χ1n) is 5.80. The fourth-order valence-corrected chi connectivity index (χ4v) is 1.82. The van der Waals surface area contributed by atoms with Crippen molar-refractivity contribution in [3.05, 3.63) is 18.2 Å². The van der Waals surface area contributed by atoms with Crippen LogP contribution in [0.2, 0.25) is 0 Å². The summed E-state index contributed by atoms with van der Waals surface area (Å²) in [6, 6.07) is 2.95. The van der Waals surface area contributed by atoms with E-state index in [4.69, 9.17) is 0 Å². The van der Waals surface area contributed by atoms with Crippen molar-refractivity contribution in [3.63, 3.8) is 0 Å². The standard InChI is InChI=1S/C12H18N4/c1-10-14-6-8-16(10)7-5-12(2,9-13)15-11-3-4-11/h6,8,11,15H,3-5,7H2,1-2H3. The van der Waals surface area contributed by atoms with Gasteiger partial charge in [-0.3, -0.25) is 5.32 Å². The number of aryl methyl sites for hydroxylation is 2. The van der Waals surface area contributed by atoms with Gasteiger partial charge in [-0.05, 0) is 33.1 Å². The largest absolute Gasteiger partial charge is 0.335 e. The minimum Gasteiger partial charge on any atom is -0.335 e. The van der Waals surface area contributed by atoms with Crippen LogP contribution in [0.15, 0.2) is 12.4 Å². The summed E-state index contributed by atoms with van der Waals surface area (Å²) in [5, 5.41) is 12.6. The average Bonchev–Trinajstić information content (AvgIpc) is 2.97. The van der Waals surface area contributed by atoms with E-state index >= 15 is 0 Å². The molecule has 0 aliphatic heterocycles. The van der Waals surface area contributed by atoms with Gasteiger partial charge >= 0.3 is 0 Å². The second kappa shape index (κ2) is 4.26. The van der Waals surface area contributed by atoms with Crippen molar-refractivity contribution in [1.82, 2.24) is 14.9 Å². The quantitative estimate of drug-likeness (QED) is 0.817. The molecule has 0 saturated heterocycles. The molecule has 1 atom stereocenters. The van der Waals surface area contributed by atoms with Gasteiger partial charge in [0.15, 0.2) is 0 Å². The molecule has 16 heavy (non-hydrogen) atoms. The van der Waals surface area contributed by atoms with Crippen molar-refractivity contribution in [2.45, 2.75) is 51.2 Å². The van der Waals surface area contributed by atoms with E-state index in [9.17, 15) is 5.26 Å². The van der Waals surface area contributed by atoms with Gasteiger partial charge in [0.2, 0.25) is 0 Å². The molecular weight excluding hydrogens is 200 g/mol. The van der Waals surface area contributed by atoms with Crippen LogP contribution in [0.4, 0.5) is 0 Å². The van der Waals surface area contributed by atoms with Crippen LogP contribution in [0, 0.1) is 18.3 Å². The Morgan fingerprint density at radius 1 is 1.69 bits per heavy atom. The summed E-state index contributed by atoms with van der Waals surface area (Å²) in [5.74, 6) is 1.01. The monoisotopic (exact) mass is 218 g/mol. The SMILES string of the molecule is Cc1nccn1CCC(C)(C#N)NC1CC1. The predicted octanol–water partition coefficient (Wildman–Crippen LogP) is 1.62. The maximum absolute atomic E-state index is 9.22. The maximum atomic E-state index is 9.22. The highest BCUT2D eigenvalue weighted by atomic mass is 15.1. The van der Waals surface area contributed by atoms with E-state index in [2.05, 4.69) is 20.9 Å². The Balaban J connectivity index is 1.92. The number of rotatable bonds is 5. The Kier molecular flexibility index (Phi) is 2.97. The fourth-order valence-electron chi connectivity index (χ4n) is 1.82. The molecule has 1 fully saturated rings. The summed E-state index contributed by atoms with van der Waals surface area (Å²) >= 11 is 0. The number of nitrogens with one attached hydrogen (secondary N) is 1. The Morgan fingerprint density at radius 2 is 2.44 bits per heavy atom. The van der Waals surface area contributed by atoms with Crippen molar-refractivity contribution in [2.75, 3.05) is 0 Å². The molecule has 0 amide bonds. The maximum Gasteiger partial charge on any atom is 0.105 e. The zero-order chi connectivity index (χ0) is 11.6. The predicted molar refractivity (Wildman–Crippen MR) is 61.8 cm³/mol. The van der Waals surface area contributed by atoms with Crippen molar-refractivity contribution in [1.29, 1.82) is 5.26 Å². The number of aromatic nitrogens is 2. The molecule has 2 rings (SSSR count). The minimum atomic E-state index is -0.405. The van der Waals surface area contributed by atoms with Crippen LogP contribution in [0.5, 0.6) is 0 Å². The van der Waals surface area contributed by atoms with Crippen LogP contribution < -0.4 is 5.32 Å². The normalized spacial score (nSPS) is 19.1. The molecule has 0 aromatic carbocycles. The number of nitriles is 1. The van der Waals surface area contributed by atoms with E-state index < -0.39 is 5.54 Å². The Hall–Kier alpha value is -1.34. The van der Waals surface area contributed by atoms with Gasteiger partial charge in [0.25, 0.3) is 0 Å². The van der Waals surface area contributed by atoms with Gasteiger partial charge in [-0.2, -0.15) is 5.26 Å². The summed E-state index contributed by atoms with van der Waals surface area (Å²) in [7, 11) is 0. The average molecular weight is 218 g/mol. The van der Waals surface area contributed by atoms with Gasteiger partial charge in [0, 0.05) is 25.0 Å². The highest BCUT2D eigenvalue weighted by Gasteiger charge is 2.32. The first-order chi connectivity index (χ1) is 7.63. The van der Waals surface area contributed by atoms with Crippen LogP contribution >= 0.6 is 0 Å². The summed E-state index contributed by atoms with van der Waals surface area (Å²) in [6.07, 6.45) is 7.00. The first kappa shape index (κ1) is 11.2. The van der Waals surface area contributed by atoms with E-state index in [0.717, 1.165) is 18.8 Å². The van der Waals surface area contributed by atoms with Crippen molar-refractivity contribution in [2.24, 2.45) is 0 Å². The van der Waals surface area contributed by atoms with Crippen LogP contribution in [0.1, 0.15) is 32.0 Å². The molecule has 86 valence electrons. The number of imidazole rings is 1. The lowest BCUT2D eigenvalue weighted by molar-refractivity contribution is 0.387. The van der Waals surface area contributed by atoms with E-state index in [1.165, 1.54) is 12.8 Å². The van der Waals surface area contributed by atoms with Gasteiger partial charge < -0.3 is 4.57 Å². The highest BCUT2D eigenvalue weighted by molar-refractivity contribution is 5.07. The zero-order valence-corrected chi connectivity index (χ0v) is 9.90. The molecule has 1 heterocycles. The Labute approximate surface area is 96.3 Å². The van der Waals surface area contributed by atoms with Crippen molar-refractivity contribution < 1.29 is 0 Å². The molecule has 0 spiro atoms. The topological polar surface area (TPSA) is 53.6 Å². The molecule has 1 aromatic heterocycles. The molecule has 1 unspecified atom stereocenters. The molecular formula is C12H18N4. The number of hydrogen-bond donors (Lipinski definition) is 1. The molecule has 1 aliphatic rings. The summed E-state index contributed by atoms with van der Waals surface area (Å²) in [6.45, 7) is 4.81. The molecule has 0 radical (unpaired) electrons. The second-order valence-electron chi connectivity index (χ2n) is 4.78. The zero-order valence-electron chi connectivity index (χ0n) is 9.90. The minimum absolute atomic E-state index is 0.405. The van der Waals surface area contributed by atoms with Crippen LogP contribution in [0.25, 0.3) is 0 Å². The van der Waals surface area contributed by atoms with Gasteiger partial charge in [-0.15, -0.1) is 0 Å². The van der Waals surface area contributed by atoms with Crippen LogP contribution in [-0.2, 0) is 6.54 Å². The van der Waals surface area contributed by atoms with E-state index in [1.807, 2.05) is 20.0 Å². The van der Waals surface area contributed by atoms with Crippen molar-refractivity contribution >= 4 is 0 Å². The summed E-state index contributed by atoms with van der Waals surface area (Å²) in [4.78, 5) is 4.18. The van der Waals surface area contributed by atoms with Gasteiger partial charge in [-0.25, -0.2) is 4.98 Å². The smallest absolute Gasteiger partial charge is 0.105 e. The van der Waals surface area contributed by atoms with Crippen molar-refractivity contribution in [3.8, 4) is 6.07 Å². The fraction of sp³-hybridized carbons (Fsp3) is 0.667. The van der Waals surface area contributed by atoms with Gasteiger partial charge in [0.05, 0.1) is 6.07 Å². The second-order valence-corrected chi connectivity index (χ2v) is 4.78.